The first-order valence-electron chi connectivity index (χ1n) is 8.96. The molecular formula is C21H20FN3O2. The van der Waals surface area contributed by atoms with Gasteiger partial charge in [-0.15, -0.1) is 0 Å². The number of oxazole rings is 1. The Morgan fingerprint density at radius 2 is 1.70 bits per heavy atom. The minimum Gasteiger partial charge on any atom is -0.444 e. The quantitative estimate of drug-likeness (QED) is 0.711. The summed E-state index contributed by atoms with van der Waals surface area (Å²) in [5.74, 6) is 0.233. The molecule has 0 atom stereocenters. The van der Waals surface area contributed by atoms with Gasteiger partial charge in [0.05, 0.1) is 5.69 Å². The summed E-state index contributed by atoms with van der Waals surface area (Å²) in [5.41, 5.74) is 2.36. The van der Waals surface area contributed by atoms with Gasteiger partial charge in [-0.2, -0.15) is 0 Å². The summed E-state index contributed by atoms with van der Waals surface area (Å²) < 4.78 is 18.6. The molecular weight excluding hydrogens is 345 g/mol. The third-order valence-electron chi connectivity index (χ3n) is 4.71. The largest absolute Gasteiger partial charge is 0.444 e. The first-order chi connectivity index (χ1) is 13.2. The van der Waals surface area contributed by atoms with Crippen LogP contribution in [-0.4, -0.2) is 46.9 Å². The van der Waals surface area contributed by atoms with Crippen LogP contribution in [0.2, 0.25) is 0 Å². The van der Waals surface area contributed by atoms with Crippen LogP contribution < -0.4 is 0 Å². The third kappa shape index (κ3) is 4.06. The first kappa shape index (κ1) is 17.4. The summed E-state index contributed by atoms with van der Waals surface area (Å²) in [5, 5.41) is 0. The molecule has 1 saturated heterocycles. The maximum absolute atomic E-state index is 13.0. The Hall–Kier alpha value is -2.99. The van der Waals surface area contributed by atoms with Crippen LogP contribution in [0.25, 0.3) is 11.5 Å². The van der Waals surface area contributed by atoms with Crippen molar-refractivity contribution in [1.82, 2.24) is 14.8 Å². The first-order valence-corrected chi connectivity index (χ1v) is 8.96. The average molecular weight is 365 g/mol. The van der Waals surface area contributed by atoms with E-state index in [1.165, 1.54) is 24.3 Å². The number of halogens is 1. The molecule has 27 heavy (non-hydrogen) atoms. The van der Waals surface area contributed by atoms with Crippen LogP contribution in [0.5, 0.6) is 0 Å². The van der Waals surface area contributed by atoms with E-state index in [2.05, 4.69) is 9.88 Å². The molecule has 0 N–H and O–H groups in total. The molecule has 0 unspecified atom stereocenters. The lowest BCUT2D eigenvalue weighted by molar-refractivity contribution is 0.0627. The highest BCUT2D eigenvalue weighted by molar-refractivity contribution is 5.94. The van der Waals surface area contributed by atoms with Crippen molar-refractivity contribution in [2.24, 2.45) is 0 Å². The number of carbonyl (C=O) groups is 1. The Morgan fingerprint density at radius 1 is 1.00 bits per heavy atom. The molecule has 0 bridgehead atoms. The molecule has 2 aromatic carbocycles. The zero-order chi connectivity index (χ0) is 18.6. The lowest BCUT2D eigenvalue weighted by Gasteiger charge is -2.34. The molecule has 1 aliphatic heterocycles. The fraction of sp³-hybridized carbons (Fsp3) is 0.238. The standard InChI is InChI=1S/C21H20FN3O2/c22-18-8-6-17(7-9-18)21(26)25-12-10-24(11-13-25)14-19-15-27-20(23-19)16-4-2-1-3-5-16/h1-9,15H,10-14H2. The van der Waals surface area contributed by atoms with Gasteiger partial charge in [0.2, 0.25) is 5.89 Å². The summed E-state index contributed by atoms with van der Waals surface area (Å²) >= 11 is 0. The number of benzene rings is 2. The zero-order valence-electron chi connectivity index (χ0n) is 14.8. The predicted molar refractivity (Wildman–Crippen MR) is 99.5 cm³/mol. The third-order valence-corrected chi connectivity index (χ3v) is 4.71. The molecule has 0 saturated carbocycles. The lowest BCUT2D eigenvalue weighted by atomic mass is 10.1. The SMILES string of the molecule is O=C(c1ccc(F)cc1)N1CCN(Cc2coc(-c3ccccc3)n2)CC1. The predicted octanol–water partition coefficient (Wildman–Crippen LogP) is 3.44. The number of hydrogen-bond acceptors (Lipinski definition) is 4. The van der Waals surface area contributed by atoms with Crippen molar-refractivity contribution >= 4 is 5.91 Å². The summed E-state index contributed by atoms with van der Waals surface area (Å²) in [7, 11) is 0. The van der Waals surface area contributed by atoms with Crippen LogP contribution >= 0.6 is 0 Å². The Bertz CT molecular complexity index is 901. The minimum absolute atomic E-state index is 0.0533. The molecule has 1 aliphatic rings. The van der Waals surface area contributed by atoms with Crippen molar-refractivity contribution in [3.05, 3.63) is 77.9 Å². The van der Waals surface area contributed by atoms with Crippen molar-refractivity contribution in [3.8, 4) is 11.5 Å². The van der Waals surface area contributed by atoms with E-state index in [9.17, 15) is 9.18 Å². The van der Waals surface area contributed by atoms with Gasteiger partial charge in [0, 0.05) is 43.9 Å². The van der Waals surface area contributed by atoms with E-state index >= 15 is 0 Å². The highest BCUT2D eigenvalue weighted by atomic mass is 19.1. The zero-order valence-corrected chi connectivity index (χ0v) is 14.8. The fourth-order valence-corrected chi connectivity index (χ4v) is 3.21. The molecule has 2 heterocycles. The summed E-state index contributed by atoms with van der Waals surface area (Å²) in [6.07, 6.45) is 1.69. The number of rotatable bonds is 4. The monoisotopic (exact) mass is 365 g/mol. The minimum atomic E-state index is -0.334. The number of nitrogens with zero attached hydrogens (tertiary/aromatic N) is 3. The molecule has 1 fully saturated rings. The molecule has 0 spiro atoms. The van der Waals surface area contributed by atoms with Gasteiger partial charge >= 0.3 is 0 Å². The van der Waals surface area contributed by atoms with Crippen molar-refractivity contribution in [2.75, 3.05) is 26.2 Å². The van der Waals surface area contributed by atoms with Crippen molar-refractivity contribution in [1.29, 1.82) is 0 Å². The Morgan fingerprint density at radius 3 is 2.41 bits per heavy atom. The molecule has 0 radical (unpaired) electrons. The molecule has 5 nitrogen and oxygen atoms in total. The van der Waals surface area contributed by atoms with Crippen LogP contribution in [0, 0.1) is 5.82 Å². The molecule has 1 aromatic heterocycles. The van der Waals surface area contributed by atoms with Crippen LogP contribution in [0.1, 0.15) is 16.1 Å². The van der Waals surface area contributed by atoms with E-state index in [1.54, 1.807) is 6.26 Å². The van der Waals surface area contributed by atoms with E-state index in [0.29, 0.717) is 31.1 Å². The maximum Gasteiger partial charge on any atom is 0.253 e. The molecule has 3 aromatic rings. The number of amides is 1. The van der Waals surface area contributed by atoms with E-state index < -0.39 is 0 Å². The fourth-order valence-electron chi connectivity index (χ4n) is 3.21. The van der Waals surface area contributed by atoms with Crippen molar-refractivity contribution in [2.45, 2.75) is 6.54 Å². The second-order valence-electron chi connectivity index (χ2n) is 6.59. The van der Waals surface area contributed by atoms with Gasteiger partial charge in [-0.05, 0) is 36.4 Å². The summed E-state index contributed by atoms with van der Waals surface area (Å²) in [6, 6.07) is 15.5. The number of piperazine rings is 1. The van der Waals surface area contributed by atoms with Gasteiger partial charge in [-0.1, -0.05) is 18.2 Å². The van der Waals surface area contributed by atoms with Gasteiger partial charge in [-0.25, -0.2) is 9.37 Å². The smallest absolute Gasteiger partial charge is 0.253 e. The molecule has 0 aliphatic carbocycles. The average Bonchev–Trinajstić information content (AvgIpc) is 3.18. The van der Waals surface area contributed by atoms with E-state index in [0.717, 1.165) is 24.3 Å². The van der Waals surface area contributed by atoms with E-state index in [-0.39, 0.29) is 11.7 Å². The van der Waals surface area contributed by atoms with Gasteiger partial charge in [0.25, 0.3) is 5.91 Å². The second kappa shape index (κ2) is 7.72. The van der Waals surface area contributed by atoms with Crippen LogP contribution in [0.15, 0.2) is 65.3 Å². The van der Waals surface area contributed by atoms with Gasteiger partial charge in [0.1, 0.15) is 12.1 Å². The van der Waals surface area contributed by atoms with Gasteiger partial charge in [0.15, 0.2) is 0 Å². The number of carbonyl (C=O) groups excluding carboxylic acids is 1. The number of aromatic nitrogens is 1. The second-order valence-corrected chi connectivity index (χ2v) is 6.59. The molecule has 4 rings (SSSR count). The highest BCUT2D eigenvalue weighted by Gasteiger charge is 2.23. The molecule has 6 heteroatoms. The molecule has 138 valence electrons. The number of hydrogen-bond donors (Lipinski definition) is 0. The van der Waals surface area contributed by atoms with Gasteiger partial charge in [-0.3, -0.25) is 9.69 Å². The summed E-state index contributed by atoms with van der Waals surface area (Å²) in [6.45, 7) is 3.50. The van der Waals surface area contributed by atoms with Crippen molar-refractivity contribution < 1.29 is 13.6 Å². The van der Waals surface area contributed by atoms with E-state index in [4.69, 9.17) is 4.42 Å². The van der Waals surface area contributed by atoms with Crippen LogP contribution in [0.3, 0.4) is 0 Å². The van der Waals surface area contributed by atoms with Crippen LogP contribution in [0.4, 0.5) is 4.39 Å². The topological polar surface area (TPSA) is 49.6 Å². The Labute approximate surface area is 157 Å². The lowest BCUT2D eigenvalue weighted by Crippen LogP contribution is -2.48. The Balaban J connectivity index is 1.33. The highest BCUT2D eigenvalue weighted by Crippen LogP contribution is 2.19. The maximum atomic E-state index is 13.0. The van der Waals surface area contributed by atoms with Gasteiger partial charge < -0.3 is 9.32 Å². The Kier molecular flexibility index (Phi) is 4.98. The van der Waals surface area contributed by atoms with Crippen molar-refractivity contribution in [3.63, 3.8) is 0 Å². The molecule has 1 amide bonds. The normalized spacial score (nSPS) is 15.1. The van der Waals surface area contributed by atoms with Crippen LogP contribution in [-0.2, 0) is 6.54 Å². The van der Waals surface area contributed by atoms with E-state index in [1.807, 2.05) is 35.2 Å². The summed E-state index contributed by atoms with van der Waals surface area (Å²) in [4.78, 5) is 21.1.